The SMILES string of the molecule is O=c1cc(C(F)F)c(O)c(CBr)[nH]1. The lowest BCUT2D eigenvalue weighted by molar-refractivity contribution is 0.147. The summed E-state index contributed by atoms with van der Waals surface area (Å²) < 4.78 is 24.4. The summed E-state index contributed by atoms with van der Waals surface area (Å²) >= 11 is 2.95. The quantitative estimate of drug-likeness (QED) is 0.792. The molecule has 2 N–H and O–H groups in total. The zero-order chi connectivity index (χ0) is 10.0. The maximum absolute atomic E-state index is 12.2. The number of rotatable bonds is 2. The van der Waals surface area contributed by atoms with Gasteiger partial charge >= 0.3 is 0 Å². The van der Waals surface area contributed by atoms with Crippen molar-refractivity contribution in [3.63, 3.8) is 0 Å². The Morgan fingerprint density at radius 1 is 1.62 bits per heavy atom. The Kier molecular flexibility index (Phi) is 3.02. The van der Waals surface area contributed by atoms with Gasteiger partial charge in [0.1, 0.15) is 5.75 Å². The summed E-state index contributed by atoms with van der Waals surface area (Å²) in [5.74, 6) is -0.563. The Hall–Kier alpha value is -0.910. The first-order valence-electron chi connectivity index (χ1n) is 3.35. The van der Waals surface area contributed by atoms with Gasteiger partial charge in [-0.2, -0.15) is 0 Å². The van der Waals surface area contributed by atoms with Crippen LogP contribution in [0, 0.1) is 0 Å². The van der Waals surface area contributed by atoms with Gasteiger partial charge in [-0.05, 0) is 0 Å². The minimum absolute atomic E-state index is 0.0581. The first-order valence-corrected chi connectivity index (χ1v) is 4.47. The number of halogens is 3. The van der Waals surface area contributed by atoms with Crippen molar-refractivity contribution < 1.29 is 13.9 Å². The van der Waals surface area contributed by atoms with E-state index in [-0.39, 0.29) is 11.0 Å². The fraction of sp³-hybridized carbons (Fsp3) is 0.286. The van der Waals surface area contributed by atoms with Crippen LogP contribution in [0.3, 0.4) is 0 Å². The van der Waals surface area contributed by atoms with Crippen molar-refractivity contribution in [3.8, 4) is 5.75 Å². The molecule has 1 heterocycles. The summed E-state index contributed by atoms with van der Waals surface area (Å²) in [6, 6.07) is 0.687. The van der Waals surface area contributed by atoms with Crippen LogP contribution in [-0.4, -0.2) is 10.1 Å². The summed E-state index contributed by atoms with van der Waals surface area (Å²) in [6.07, 6.45) is -2.85. The number of pyridine rings is 1. The fourth-order valence-corrected chi connectivity index (χ4v) is 1.30. The van der Waals surface area contributed by atoms with Crippen LogP contribution < -0.4 is 5.56 Å². The van der Waals surface area contributed by atoms with E-state index in [0.29, 0.717) is 6.07 Å². The van der Waals surface area contributed by atoms with Crippen molar-refractivity contribution >= 4 is 15.9 Å². The van der Waals surface area contributed by atoms with E-state index in [9.17, 15) is 18.7 Å². The van der Waals surface area contributed by atoms with Crippen LogP contribution in [-0.2, 0) is 5.33 Å². The molecule has 0 aliphatic heterocycles. The number of hydrogen-bond donors (Lipinski definition) is 2. The van der Waals surface area contributed by atoms with Crippen LogP contribution in [0.5, 0.6) is 5.75 Å². The number of H-pyrrole nitrogens is 1. The minimum atomic E-state index is -2.85. The molecule has 1 aromatic rings. The largest absolute Gasteiger partial charge is 0.506 e. The molecule has 3 nitrogen and oxygen atoms in total. The van der Waals surface area contributed by atoms with Gasteiger partial charge in [-0.1, -0.05) is 15.9 Å². The molecule has 0 aliphatic rings. The topological polar surface area (TPSA) is 53.1 Å². The van der Waals surface area contributed by atoms with Crippen molar-refractivity contribution in [3.05, 3.63) is 27.7 Å². The normalized spacial score (nSPS) is 10.8. The summed E-state index contributed by atoms with van der Waals surface area (Å²) in [5.41, 5.74) is -1.23. The molecule has 0 amide bonds. The highest BCUT2D eigenvalue weighted by molar-refractivity contribution is 9.08. The Labute approximate surface area is 80.5 Å². The predicted molar refractivity (Wildman–Crippen MR) is 46.3 cm³/mol. The van der Waals surface area contributed by atoms with Crippen LogP contribution in [0.25, 0.3) is 0 Å². The van der Waals surface area contributed by atoms with Gasteiger partial charge in [0, 0.05) is 11.4 Å². The average Bonchev–Trinajstić information content (AvgIpc) is 2.08. The standard InChI is InChI=1S/C7H6BrF2NO2/c8-2-4-6(13)3(7(9)10)1-5(12)11-4/h1,7,13H,2H2,(H,11,12). The first-order chi connectivity index (χ1) is 6.06. The van der Waals surface area contributed by atoms with Gasteiger partial charge in [-0.15, -0.1) is 0 Å². The Balaban J connectivity index is 3.36. The molecular formula is C7H6BrF2NO2. The third-order valence-corrected chi connectivity index (χ3v) is 2.05. The van der Waals surface area contributed by atoms with Gasteiger partial charge in [0.25, 0.3) is 6.43 Å². The molecule has 72 valence electrons. The molecule has 0 unspecified atom stereocenters. The summed E-state index contributed by atoms with van der Waals surface area (Å²) in [7, 11) is 0. The second kappa shape index (κ2) is 3.87. The monoisotopic (exact) mass is 253 g/mol. The van der Waals surface area contributed by atoms with Crippen molar-refractivity contribution in [2.45, 2.75) is 11.8 Å². The Morgan fingerprint density at radius 3 is 2.69 bits per heavy atom. The van der Waals surface area contributed by atoms with Crippen molar-refractivity contribution in [1.29, 1.82) is 0 Å². The predicted octanol–water partition coefficient (Wildman–Crippen LogP) is 1.91. The van der Waals surface area contributed by atoms with Gasteiger partial charge in [0.05, 0.1) is 11.3 Å². The molecule has 0 aromatic carbocycles. The molecule has 0 atom stereocenters. The van der Waals surface area contributed by atoms with Gasteiger partial charge in [0.2, 0.25) is 5.56 Å². The highest BCUT2D eigenvalue weighted by atomic mass is 79.9. The van der Waals surface area contributed by atoms with E-state index >= 15 is 0 Å². The molecule has 0 bridgehead atoms. The summed E-state index contributed by atoms with van der Waals surface area (Å²) in [6.45, 7) is 0. The summed E-state index contributed by atoms with van der Waals surface area (Å²) in [4.78, 5) is 13.0. The lowest BCUT2D eigenvalue weighted by atomic mass is 10.2. The van der Waals surface area contributed by atoms with Crippen molar-refractivity contribution in [2.24, 2.45) is 0 Å². The molecule has 6 heteroatoms. The molecule has 1 rings (SSSR count). The molecule has 0 radical (unpaired) electrons. The van der Waals surface area contributed by atoms with Crippen LogP contribution in [0.15, 0.2) is 10.9 Å². The number of alkyl halides is 3. The number of nitrogens with one attached hydrogen (secondary N) is 1. The zero-order valence-electron chi connectivity index (χ0n) is 6.35. The number of hydrogen-bond acceptors (Lipinski definition) is 2. The maximum atomic E-state index is 12.2. The van der Waals surface area contributed by atoms with Crippen LogP contribution >= 0.6 is 15.9 Å². The van der Waals surface area contributed by atoms with E-state index in [1.54, 1.807) is 0 Å². The molecule has 0 saturated heterocycles. The highest BCUT2D eigenvalue weighted by Crippen LogP contribution is 2.29. The second-order valence-corrected chi connectivity index (χ2v) is 2.91. The molecule has 1 aromatic heterocycles. The van der Waals surface area contributed by atoms with E-state index in [1.165, 1.54) is 0 Å². The number of aromatic amines is 1. The zero-order valence-corrected chi connectivity index (χ0v) is 7.94. The average molecular weight is 254 g/mol. The molecule has 0 saturated carbocycles. The molecule has 0 spiro atoms. The van der Waals surface area contributed by atoms with E-state index in [2.05, 4.69) is 20.9 Å². The van der Waals surface area contributed by atoms with E-state index in [1.807, 2.05) is 0 Å². The fourth-order valence-electron chi connectivity index (χ4n) is 0.891. The van der Waals surface area contributed by atoms with Gasteiger partial charge in [-0.25, -0.2) is 8.78 Å². The van der Waals surface area contributed by atoms with E-state index < -0.39 is 23.3 Å². The summed E-state index contributed by atoms with van der Waals surface area (Å²) in [5, 5.41) is 9.32. The Bertz CT molecular complexity index is 364. The lowest BCUT2D eigenvalue weighted by Crippen LogP contribution is -2.09. The Morgan fingerprint density at radius 2 is 2.23 bits per heavy atom. The maximum Gasteiger partial charge on any atom is 0.267 e. The molecule has 0 fully saturated rings. The van der Waals surface area contributed by atoms with Crippen molar-refractivity contribution in [2.75, 3.05) is 0 Å². The van der Waals surface area contributed by atoms with Crippen molar-refractivity contribution in [1.82, 2.24) is 4.98 Å². The molecule has 0 aliphatic carbocycles. The third kappa shape index (κ3) is 2.06. The highest BCUT2D eigenvalue weighted by Gasteiger charge is 2.16. The van der Waals surface area contributed by atoms with Gasteiger partial charge < -0.3 is 10.1 Å². The number of aromatic nitrogens is 1. The molecule has 13 heavy (non-hydrogen) atoms. The van der Waals surface area contributed by atoms with E-state index in [0.717, 1.165) is 0 Å². The second-order valence-electron chi connectivity index (χ2n) is 2.35. The van der Waals surface area contributed by atoms with Gasteiger partial charge in [0.15, 0.2) is 0 Å². The third-order valence-electron chi connectivity index (χ3n) is 1.49. The first kappa shape index (κ1) is 10.2. The van der Waals surface area contributed by atoms with Gasteiger partial charge in [-0.3, -0.25) is 4.79 Å². The van der Waals surface area contributed by atoms with E-state index in [4.69, 9.17) is 0 Å². The molecular weight excluding hydrogens is 248 g/mol. The smallest absolute Gasteiger partial charge is 0.267 e. The minimum Gasteiger partial charge on any atom is -0.506 e. The lowest BCUT2D eigenvalue weighted by Gasteiger charge is -2.05. The van der Waals surface area contributed by atoms with Crippen LogP contribution in [0.1, 0.15) is 17.7 Å². The number of aromatic hydroxyl groups is 1. The van der Waals surface area contributed by atoms with Crippen LogP contribution in [0.2, 0.25) is 0 Å². The van der Waals surface area contributed by atoms with Crippen LogP contribution in [0.4, 0.5) is 8.78 Å².